The number of hydrogen-bond acceptors (Lipinski definition) is 6. The van der Waals surface area contributed by atoms with E-state index in [0.717, 1.165) is 0 Å². The van der Waals surface area contributed by atoms with E-state index in [1.165, 1.54) is 19.3 Å². The molecule has 0 saturated heterocycles. The van der Waals surface area contributed by atoms with E-state index < -0.39 is 18.5 Å². The van der Waals surface area contributed by atoms with Gasteiger partial charge in [-0.15, -0.1) is 0 Å². The van der Waals surface area contributed by atoms with Crippen LogP contribution in [0.3, 0.4) is 0 Å². The van der Waals surface area contributed by atoms with Crippen molar-refractivity contribution in [2.45, 2.75) is 0 Å². The topological polar surface area (TPSA) is 83.1 Å². The van der Waals surface area contributed by atoms with E-state index in [0.29, 0.717) is 34.2 Å². The maximum atomic E-state index is 12.3. The second kappa shape index (κ2) is 11.2. The number of ether oxygens (including phenoxy) is 4. The molecule has 0 heterocycles. The van der Waals surface area contributed by atoms with Gasteiger partial charge in [-0.05, 0) is 48.5 Å². The lowest BCUT2D eigenvalue weighted by molar-refractivity contribution is -0.142. The molecule has 0 aromatic heterocycles. The van der Waals surface area contributed by atoms with Gasteiger partial charge in [0.1, 0.15) is 17.2 Å². The summed E-state index contributed by atoms with van der Waals surface area (Å²) in [7, 11) is 3.08. The van der Waals surface area contributed by atoms with Crippen molar-refractivity contribution in [1.82, 2.24) is 0 Å². The van der Waals surface area contributed by atoms with Crippen LogP contribution in [0.15, 0.2) is 78.9 Å². The van der Waals surface area contributed by atoms with Crippen molar-refractivity contribution in [3.05, 3.63) is 84.4 Å². The van der Waals surface area contributed by atoms with E-state index in [1.807, 2.05) is 30.3 Å². The Morgan fingerprint density at radius 1 is 0.844 bits per heavy atom. The molecule has 164 valence electrons. The number of anilines is 1. The number of hydrogen-bond donors (Lipinski definition) is 1. The quantitative estimate of drug-likeness (QED) is 0.389. The van der Waals surface area contributed by atoms with Crippen LogP contribution < -0.4 is 19.5 Å². The van der Waals surface area contributed by atoms with Gasteiger partial charge in [0.15, 0.2) is 12.4 Å². The summed E-state index contributed by atoms with van der Waals surface area (Å²) >= 11 is 0. The smallest absolute Gasteiger partial charge is 0.331 e. The highest BCUT2D eigenvalue weighted by atomic mass is 16.5. The fraction of sp³-hybridized carbons (Fsp3) is 0.120. The second-order valence-corrected chi connectivity index (χ2v) is 6.51. The maximum Gasteiger partial charge on any atom is 0.331 e. The van der Waals surface area contributed by atoms with Crippen molar-refractivity contribution >= 4 is 23.6 Å². The molecule has 0 unspecified atom stereocenters. The normalized spacial score (nSPS) is 10.4. The van der Waals surface area contributed by atoms with Crippen LogP contribution in [0.2, 0.25) is 0 Å². The molecule has 3 rings (SSSR count). The minimum atomic E-state index is -0.668. The number of benzene rings is 3. The van der Waals surface area contributed by atoms with E-state index in [4.69, 9.17) is 18.9 Å². The Hall–Kier alpha value is -4.26. The third-order valence-electron chi connectivity index (χ3n) is 4.31. The first-order valence-electron chi connectivity index (χ1n) is 9.77. The summed E-state index contributed by atoms with van der Waals surface area (Å²) in [6.07, 6.45) is 2.75. The minimum absolute atomic E-state index is 0.446. The molecule has 7 heteroatoms. The molecule has 0 atom stereocenters. The molecule has 0 aliphatic carbocycles. The predicted molar refractivity (Wildman–Crippen MR) is 121 cm³/mol. The predicted octanol–water partition coefficient (Wildman–Crippen LogP) is 4.69. The van der Waals surface area contributed by atoms with Crippen LogP contribution in [0.5, 0.6) is 23.0 Å². The van der Waals surface area contributed by atoms with Crippen molar-refractivity contribution in [1.29, 1.82) is 0 Å². The second-order valence-electron chi connectivity index (χ2n) is 6.51. The Morgan fingerprint density at radius 2 is 1.59 bits per heavy atom. The molecular weight excluding hydrogens is 410 g/mol. The maximum absolute atomic E-state index is 12.3. The molecule has 3 aromatic carbocycles. The summed E-state index contributed by atoms with van der Waals surface area (Å²) in [5.41, 5.74) is 1.11. The number of esters is 1. The Labute approximate surface area is 186 Å². The van der Waals surface area contributed by atoms with Crippen LogP contribution in [-0.4, -0.2) is 32.7 Å². The van der Waals surface area contributed by atoms with E-state index >= 15 is 0 Å². The average Bonchev–Trinajstić information content (AvgIpc) is 2.83. The monoisotopic (exact) mass is 433 g/mol. The molecule has 0 spiro atoms. The number of nitrogens with one attached hydrogen (secondary N) is 1. The van der Waals surface area contributed by atoms with Crippen LogP contribution in [0.4, 0.5) is 5.69 Å². The molecular formula is C25H23NO6. The highest BCUT2D eigenvalue weighted by Crippen LogP contribution is 2.29. The third kappa shape index (κ3) is 6.37. The number of methoxy groups -OCH3 is 2. The standard InChI is InChI=1S/C25H23NO6/c1-29-20-13-14-22(30-2)18(16-20)12-15-25(28)31-17-24(27)26-21-10-6-7-11-23(21)32-19-8-4-3-5-9-19/h3-16H,17H2,1-2H3,(H,26,27)/b15-12+. The lowest BCUT2D eigenvalue weighted by atomic mass is 10.1. The molecule has 7 nitrogen and oxygen atoms in total. The van der Waals surface area contributed by atoms with Gasteiger partial charge in [0.05, 0.1) is 19.9 Å². The van der Waals surface area contributed by atoms with Crippen LogP contribution in [0.1, 0.15) is 5.56 Å². The third-order valence-corrected chi connectivity index (χ3v) is 4.31. The van der Waals surface area contributed by atoms with Crippen LogP contribution in [0.25, 0.3) is 6.08 Å². The molecule has 32 heavy (non-hydrogen) atoms. The fourth-order valence-electron chi connectivity index (χ4n) is 2.77. The van der Waals surface area contributed by atoms with Crippen molar-refractivity contribution in [2.24, 2.45) is 0 Å². The lowest BCUT2D eigenvalue weighted by Gasteiger charge is -2.12. The van der Waals surface area contributed by atoms with Crippen molar-refractivity contribution in [3.63, 3.8) is 0 Å². The van der Waals surface area contributed by atoms with Crippen molar-refractivity contribution in [2.75, 3.05) is 26.1 Å². The molecule has 3 aromatic rings. The Kier molecular flexibility index (Phi) is 7.86. The molecule has 1 N–H and O–H groups in total. The zero-order valence-corrected chi connectivity index (χ0v) is 17.7. The fourth-order valence-corrected chi connectivity index (χ4v) is 2.77. The number of rotatable bonds is 9. The molecule has 0 bridgehead atoms. The molecule has 1 amide bonds. The molecule has 0 aliphatic heterocycles. The van der Waals surface area contributed by atoms with Gasteiger partial charge < -0.3 is 24.3 Å². The number of amides is 1. The van der Waals surface area contributed by atoms with E-state index in [1.54, 1.807) is 49.6 Å². The molecule has 0 fully saturated rings. The van der Waals surface area contributed by atoms with Gasteiger partial charge in [0, 0.05) is 11.6 Å². The van der Waals surface area contributed by atoms with Gasteiger partial charge >= 0.3 is 5.97 Å². The highest BCUT2D eigenvalue weighted by molar-refractivity contribution is 5.95. The number of para-hydroxylation sites is 3. The van der Waals surface area contributed by atoms with Gasteiger partial charge in [-0.25, -0.2) is 4.79 Å². The Bertz CT molecular complexity index is 1090. The van der Waals surface area contributed by atoms with Gasteiger partial charge in [-0.1, -0.05) is 30.3 Å². The molecule has 0 aliphatic rings. The van der Waals surface area contributed by atoms with Crippen LogP contribution in [0, 0.1) is 0 Å². The number of carbonyl (C=O) groups excluding carboxylic acids is 2. The summed E-state index contributed by atoms with van der Waals surface area (Å²) in [6, 6.07) is 21.4. The van der Waals surface area contributed by atoms with Gasteiger partial charge in [-0.3, -0.25) is 4.79 Å². The van der Waals surface area contributed by atoms with Gasteiger partial charge in [0.2, 0.25) is 0 Å². The Morgan fingerprint density at radius 3 is 2.34 bits per heavy atom. The summed E-state index contributed by atoms with van der Waals surface area (Å²) in [4.78, 5) is 24.3. The zero-order chi connectivity index (χ0) is 22.8. The van der Waals surface area contributed by atoms with Crippen LogP contribution >= 0.6 is 0 Å². The first-order chi connectivity index (χ1) is 15.6. The summed E-state index contributed by atoms with van der Waals surface area (Å²) in [5, 5.41) is 2.69. The van der Waals surface area contributed by atoms with Crippen LogP contribution in [-0.2, 0) is 14.3 Å². The lowest BCUT2D eigenvalue weighted by Crippen LogP contribution is -2.20. The minimum Gasteiger partial charge on any atom is -0.497 e. The average molecular weight is 433 g/mol. The first kappa shape index (κ1) is 22.4. The van der Waals surface area contributed by atoms with E-state index in [9.17, 15) is 9.59 Å². The summed E-state index contributed by atoms with van der Waals surface area (Å²) in [6.45, 7) is -0.446. The molecule has 0 saturated carbocycles. The highest BCUT2D eigenvalue weighted by Gasteiger charge is 2.10. The summed E-state index contributed by atoms with van der Waals surface area (Å²) < 4.78 is 21.3. The Balaban J connectivity index is 1.57. The van der Waals surface area contributed by atoms with Crippen molar-refractivity contribution < 1.29 is 28.5 Å². The van der Waals surface area contributed by atoms with E-state index in [-0.39, 0.29) is 0 Å². The van der Waals surface area contributed by atoms with Gasteiger partial charge in [-0.2, -0.15) is 0 Å². The van der Waals surface area contributed by atoms with Gasteiger partial charge in [0.25, 0.3) is 5.91 Å². The summed E-state index contributed by atoms with van der Waals surface area (Å²) in [5.74, 6) is 1.15. The largest absolute Gasteiger partial charge is 0.497 e. The zero-order valence-electron chi connectivity index (χ0n) is 17.7. The first-order valence-corrected chi connectivity index (χ1v) is 9.77. The number of carbonyl (C=O) groups is 2. The molecule has 0 radical (unpaired) electrons. The van der Waals surface area contributed by atoms with E-state index in [2.05, 4.69) is 5.32 Å². The SMILES string of the molecule is COc1ccc(OC)c(/C=C/C(=O)OCC(=O)Nc2ccccc2Oc2ccccc2)c1. The van der Waals surface area contributed by atoms with Crippen molar-refractivity contribution in [3.8, 4) is 23.0 Å².